The van der Waals surface area contributed by atoms with Crippen molar-refractivity contribution in [2.24, 2.45) is 0 Å². The van der Waals surface area contributed by atoms with E-state index in [4.69, 9.17) is 0 Å². The van der Waals surface area contributed by atoms with E-state index in [-0.39, 0.29) is 0 Å². The second-order valence-electron chi connectivity index (χ2n) is 3.76. The number of halogens is 3. The van der Waals surface area contributed by atoms with Gasteiger partial charge in [-0.05, 0) is 31.7 Å². The third kappa shape index (κ3) is 4.51. The molecule has 0 aliphatic heterocycles. The Balaban J connectivity index is 2.32. The molecule has 0 saturated carbocycles. The van der Waals surface area contributed by atoms with Crippen LogP contribution in [0.25, 0.3) is 0 Å². The van der Waals surface area contributed by atoms with Crippen molar-refractivity contribution >= 4 is 0 Å². The molecule has 0 N–H and O–H groups in total. The summed E-state index contributed by atoms with van der Waals surface area (Å²) in [7, 11) is 0. The number of unbranched alkanes of at least 4 members (excludes halogenated alkanes) is 1. The maximum Gasteiger partial charge on any atom is 0.412 e. The molecule has 0 bridgehead atoms. The number of rotatable bonds is 4. The Kier molecular flexibility index (Phi) is 4.59. The fourth-order valence-corrected chi connectivity index (χ4v) is 1.39. The van der Waals surface area contributed by atoms with Gasteiger partial charge in [-0.2, -0.15) is 13.2 Å². The molecular weight excluding hydrogens is 213 g/mol. The first-order valence-corrected chi connectivity index (χ1v) is 5.28. The van der Waals surface area contributed by atoms with E-state index in [0.29, 0.717) is 6.42 Å². The number of hydrogen-bond acceptors (Lipinski definition) is 0. The van der Waals surface area contributed by atoms with Crippen LogP contribution in [0.4, 0.5) is 13.2 Å². The topological polar surface area (TPSA) is 0 Å². The van der Waals surface area contributed by atoms with Crippen LogP contribution in [-0.4, -0.2) is 6.18 Å². The molecule has 0 heterocycles. The summed E-state index contributed by atoms with van der Waals surface area (Å²) >= 11 is 0. The number of alkyl halides is 3. The highest BCUT2D eigenvalue weighted by atomic mass is 19.4. The average molecular weight is 228 g/mol. The summed E-state index contributed by atoms with van der Waals surface area (Å²) in [5.74, 6) is 0. The second kappa shape index (κ2) is 5.73. The first-order chi connectivity index (χ1) is 7.50. The van der Waals surface area contributed by atoms with Gasteiger partial charge >= 0.3 is 6.18 Å². The Labute approximate surface area is 93.8 Å². The van der Waals surface area contributed by atoms with Crippen molar-refractivity contribution in [2.75, 3.05) is 0 Å². The Bertz CT molecular complexity index is 336. The molecule has 0 aromatic heterocycles. The van der Waals surface area contributed by atoms with Gasteiger partial charge in [0.1, 0.15) is 0 Å². The van der Waals surface area contributed by atoms with Gasteiger partial charge in [-0.3, -0.25) is 0 Å². The van der Waals surface area contributed by atoms with Crippen LogP contribution in [0, 0.1) is 0 Å². The number of allylic oxidation sites excluding steroid dienone is 2. The molecule has 0 amide bonds. The van der Waals surface area contributed by atoms with Crippen molar-refractivity contribution in [1.82, 2.24) is 0 Å². The third-order valence-electron chi connectivity index (χ3n) is 2.41. The smallest absolute Gasteiger partial charge is 0.167 e. The lowest BCUT2D eigenvalue weighted by Crippen LogP contribution is -2.08. The van der Waals surface area contributed by atoms with E-state index in [1.807, 2.05) is 30.3 Å². The molecule has 1 aromatic carbocycles. The number of aryl methyl sites for hydroxylation is 1. The summed E-state index contributed by atoms with van der Waals surface area (Å²) < 4.78 is 36.4. The number of hydrogen-bond donors (Lipinski definition) is 0. The summed E-state index contributed by atoms with van der Waals surface area (Å²) in [5.41, 5.74) is 0.668. The van der Waals surface area contributed by atoms with Crippen LogP contribution in [0.3, 0.4) is 0 Å². The largest absolute Gasteiger partial charge is 0.412 e. The Morgan fingerprint density at radius 1 is 1.19 bits per heavy atom. The molecular formula is C13H15F3. The van der Waals surface area contributed by atoms with Gasteiger partial charge in [-0.25, -0.2) is 0 Å². The van der Waals surface area contributed by atoms with Gasteiger partial charge in [0.15, 0.2) is 0 Å². The fourth-order valence-electron chi connectivity index (χ4n) is 1.39. The minimum Gasteiger partial charge on any atom is -0.167 e. The SMILES string of the molecule is C/C(=C\CCCc1ccccc1)C(F)(F)F. The second-order valence-corrected chi connectivity index (χ2v) is 3.76. The zero-order chi connectivity index (χ0) is 12.0. The maximum atomic E-state index is 12.1. The van der Waals surface area contributed by atoms with Crippen LogP contribution in [0.5, 0.6) is 0 Å². The van der Waals surface area contributed by atoms with Crippen molar-refractivity contribution in [3.05, 3.63) is 47.5 Å². The maximum absolute atomic E-state index is 12.1. The highest BCUT2D eigenvalue weighted by Gasteiger charge is 2.29. The van der Waals surface area contributed by atoms with Crippen LogP contribution >= 0.6 is 0 Å². The fraction of sp³-hybridized carbons (Fsp3) is 0.385. The van der Waals surface area contributed by atoms with Gasteiger partial charge in [0, 0.05) is 5.57 Å². The lowest BCUT2D eigenvalue weighted by molar-refractivity contribution is -0.0915. The van der Waals surface area contributed by atoms with E-state index in [1.54, 1.807) is 0 Å². The average Bonchev–Trinajstić information content (AvgIpc) is 2.24. The lowest BCUT2D eigenvalue weighted by Gasteiger charge is -2.06. The van der Waals surface area contributed by atoms with Crippen LogP contribution in [0.15, 0.2) is 42.0 Å². The molecule has 0 saturated heterocycles. The van der Waals surface area contributed by atoms with E-state index in [0.717, 1.165) is 19.8 Å². The zero-order valence-electron chi connectivity index (χ0n) is 9.22. The molecule has 88 valence electrons. The molecule has 0 aliphatic rings. The van der Waals surface area contributed by atoms with Crippen LogP contribution < -0.4 is 0 Å². The molecule has 0 unspecified atom stereocenters. The van der Waals surface area contributed by atoms with Crippen molar-refractivity contribution in [2.45, 2.75) is 32.4 Å². The van der Waals surface area contributed by atoms with Crippen LogP contribution in [0.2, 0.25) is 0 Å². The molecule has 1 aromatic rings. The Morgan fingerprint density at radius 2 is 1.81 bits per heavy atom. The standard InChI is InChI=1S/C13H15F3/c1-11(13(14,15)16)7-5-6-10-12-8-3-2-4-9-12/h2-4,7-9H,5-6,10H2,1H3/b11-7+. The third-order valence-corrected chi connectivity index (χ3v) is 2.41. The minimum absolute atomic E-state index is 0.472. The first-order valence-electron chi connectivity index (χ1n) is 5.28. The molecule has 0 nitrogen and oxygen atoms in total. The van der Waals surface area contributed by atoms with Crippen molar-refractivity contribution in [1.29, 1.82) is 0 Å². The summed E-state index contributed by atoms with van der Waals surface area (Å²) in [6.07, 6.45) is -0.865. The van der Waals surface area contributed by atoms with E-state index >= 15 is 0 Å². The minimum atomic E-state index is -4.17. The molecule has 1 rings (SSSR count). The van der Waals surface area contributed by atoms with E-state index < -0.39 is 11.7 Å². The molecule has 16 heavy (non-hydrogen) atoms. The van der Waals surface area contributed by atoms with Crippen LogP contribution in [-0.2, 0) is 6.42 Å². The summed E-state index contributed by atoms with van der Waals surface area (Å²) in [5, 5.41) is 0. The predicted molar refractivity (Wildman–Crippen MR) is 59.2 cm³/mol. The highest BCUT2D eigenvalue weighted by Crippen LogP contribution is 2.25. The molecule has 0 atom stereocenters. The van der Waals surface area contributed by atoms with Gasteiger partial charge in [-0.1, -0.05) is 36.4 Å². The van der Waals surface area contributed by atoms with Crippen molar-refractivity contribution in [3.8, 4) is 0 Å². The van der Waals surface area contributed by atoms with Crippen LogP contribution in [0.1, 0.15) is 25.3 Å². The van der Waals surface area contributed by atoms with Crippen molar-refractivity contribution < 1.29 is 13.2 Å². The molecule has 0 fully saturated rings. The van der Waals surface area contributed by atoms with Crippen molar-refractivity contribution in [3.63, 3.8) is 0 Å². The quantitative estimate of drug-likeness (QED) is 0.525. The highest BCUT2D eigenvalue weighted by molar-refractivity contribution is 5.14. The van der Waals surface area contributed by atoms with Gasteiger partial charge in [-0.15, -0.1) is 0 Å². The normalized spacial score (nSPS) is 12.9. The summed E-state index contributed by atoms with van der Waals surface area (Å²) in [4.78, 5) is 0. The Hall–Kier alpha value is -1.25. The van der Waals surface area contributed by atoms with E-state index in [1.165, 1.54) is 11.6 Å². The summed E-state index contributed by atoms with van der Waals surface area (Å²) in [6, 6.07) is 9.77. The van der Waals surface area contributed by atoms with Gasteiger partial charge in [0.25, 0.3) is 0 Å². The Morgan fingerprint density at radius 3 is 2.38 bits per heavy atom. The molecule has 0 aliphatic carbocycles. The lowest BCUT2D eigenvalue weighted by atomic mass is 10.1. The number of benzene rings is 1. The molecule has 3 heteroatoms. The molecule has 0 spiro atoms. The monoisotopic (exact) mass is 228 g/mol. The van der Waals surface area contributed by atoms with Gasteiger partial charge < -0.3 is 0 Å². The van der Waals surface area contributed by atoms with E-state index in [9.17, 15) is 13.2 Å². The van der Waals surface area contributed by atoms with Gasteiger partial charge in [0.05, 0.1) is 0 Å². The summed E-state index contributed by atoms with van der Waals surface area (Å²) in [6.45, 7) is 1.11. The van der Waals surface area contributed by atoms with Gasteiger partial charge in [0.2, 0.25) is 0 Å². The zero-order valence-corrected chi connectivity index (χ0v) is 9.22. The first kappa shape index (κ1) is 12.8. The van der Waals surface area contributed by atoms with E-state index in [2.05, 4.69) is 0 Å². The predicted octanol–water partition coefficient (Wildman–Crippen LogP) is 4.52. The molecule has 0 radical (unpaired) electrons.